The number of aromatic amines is 2. The van der Waals surface area contributed by atoms with E-state index in [0.717, 1.165) is 22.2 Å². The van der Waals surface area contributed by atoms with E-state index in [4.69, 9.17) is 0 Å². The van der Waals surface area contributed by atoms with E-state index in [1.54, 1.807) is 0 Å². The van der Waals surface area contributed by atoms with Gasteiger partial charge in [0.2, 0.25) is 0 Å². The molecule has 134 valence electrons. The van der Waals surface area contributed by atoms with E-state index >= 15 is 0 Å². The van der Waals surface area contributed by atoms with Crippen LogP contribution >= 0.6 is 11.8 Å². The largest absolute Gasteiger partial charge is 0.358 e. The Hall–Kier alpha value is -3.12. The molecule has 5 nitrogen and oxygen atoms in total. The number of ketones is 1. The highest BCUT2D eigenvalue weighted by molar-refractivity contribution is 7.99. The van der Waals surface area contributed by atoms with Crippen LogP contribution in [0.1, 0.15) is 16.1 Å². The van der Waals surface area contributed by atoms with Crippen LogP contribution in [0.3, 0.4) is 0 Å². The Kier molecular flexibility index (Phi) is 4.64. The molecule has 2 aromatic carbocycles. The molecule has 0 saturated carbocycles. The minimum absolute atomic E-state index is 0.00251. The molecule has 0 spiro atoms. The fraction of sp³-hybridized carbons (Fsp3) is 0.0952. The van der Waals surface area contributed by atoms with Crippen LogP contribution in [0.25, 0.3) is 22.2 Å². The van der Waals surface area contributed by atoms with Crippen LogP contribution in [-0.4, -0.2) is 26.5 Å². The summed E-state index contributed by atoms with van der Waals surface area (Å²) in [6.45, 7) is 1.90. The average Bonchev–Trinajstić information content (AvgIpc) is 3.02. The molecule has 2 aromatic heterocycles. The molecule has 0 atom stereocenters. The quantitative estimate of drug-likeness (QED) is 0.311. The lowest BCUT2D eigenvalue weighted by atomic mass is 10.1. The first kappa shape index (κ1) is 17.3. The van der Waals surface area contributed by atoms with Crippen molar-refractivity contribution in [1.82, 2.24) is 15.0 Å². The van der Waals surface area contributed by atoms with Crippen LogP contribution in [0.5, 0.6) is 0 Å². The molecule has 0 radical (unpaired) electrons. The van der Waals surface area contributed by atoms with Crippen LogP contribution in [0, 0.1) is 6.92 Å². The first-order chi connectivity index (χ1) is 13.1. The third kappa shape index (κ3) is 3.57. The number of carbonyl (C=O) groups excluding carboxylic acids is 1. The van der Waals surface area contributed by atoms with Crippen LogP contribution in [0.4, 0.5) is 0 Å². The van der Waals surface area contributed by atoms with Crippen LogP contribution in [0.2, 0.25) is 0 Å². The van der Waals surface area contributed by atoms with Crippen molar-refractivity contribution in [2.24, 2.45) is 0 Å². The molecule has 0 aliphatic carbocycles. The smallest absolute Gasteiger partial charge is 0.252 e. The van der Waals surface area contributed by atoms with Gasteiger partial charge >= 0.3 is 0 Å². The molecule has 27 heavy (non-hydrogen) atoms. The van der Waals surface area contributed by atoms with Crippen LogP contribution in [0.15, 0.2) is 70.6 Å². The van der Waals surface area contributed by atoms with Gasteiger partial charge in [-0.3, -0.25) is 9.59 Å². The van der Waals surface area contributed by atoms with Gasteiger partial charge in [-0.05, 0) is 13.0 Å². The maximum Gasteiger partial charge on any atom is 0.252 e. The van der Waals surface area contributed by atoms with Crippen molar-refractivity contribution in [1.29, 1.82) is 0 Å². The number of hydrogen-bond acceptors (Lipinski definition) is 4. The maximum atomic E-state index is 12.8. The Morgan fingerprint density at radius 2 is 1.78 bits per heavy atom. The van der Waals surface area contributed by atoms with Crippen LogP contribution < -0.4 is 5.56 Å². The number of nitrogens with one attached hydrogen (secondary N) is 2. The molecule has 2 heterocycles. The van der Waals surface area contributed by atoms with E-state index in [0.29, 0.717) is 16.4 Å². The van der Waals surface area contributed by atoms with Gasteiger partial charge in [0.15, 0.2) is 10.9 Å². The van der Waals surface area contributed by atoms with E-state index in [-0.39, 0.29) is 17.1 Å². The minimum atomic E-state index is -0.234. The van der Waals surface area contributed by atoms with Gasteiger partial charge in [-0.1, -0.05) is 60.3 Å². The molecule has 0 bridgehead atoms. The lowest BCUT2D eigenvalue weighted by molar-refractivity contribution is 0.102. The third-order valence-corrected chi connectivity index (χ3v) is 5.18. The number of aryl methyl sites for hydroxylation is 1. The number of thioether (sulfide) groups is 1. The number of Topliss-reactive ketones (excluding diaryl/α,β-unsaturated/α-hetero) is 1. The van der Waals surface area contributed by atoms with Gasteiger partial charge in [0.05, 0.1) is 11.4 Å². The lowest BCUT2D eigenvalue weighted by Crippen LogP contribution is -2.10. The molecule has 0 aliphatic heterocycles. The summed E-state index contributed by atoms with van der Waals surface area (Å²) in [5, 5.41) is 1.35. The number of carbonyl (C=O) groups is 1. The van der Waals surface area contributed by atoms with Crippen molar-refractivity contribution in [2.75, 3.05) is 5.75 Å². The topological polar surface area (TPSA) is 78.6 Å². The molecule has 0 saturated heterocycles. The standard InChI is InChI=1S/C21H17N3O2S/c1-13-20(15-9-5-6-10-16(15)22-13)18(25)12-27-21-23-17(11-19(26)24-21)14-7-3-2-4-8-14/h2-11,22H,12H2,1H3,(H,23,24,26). The number of para-hydroxylation sites is 1. The molecule has 4 rings (SSSR count). The van der Waals surface area contributed by atoms with Crippen molar-refractivity contribution in [3.63, 3.8) is 0 Å². The summed E-state index contributed by atoms with van der Waals surface area (Å²) in [5.41, 5.74) is 3.71. The number of aromatic nitrogens is 3. The molecule has 2 N–H and O–H groups in total. The molecule has 4 aromatic rings. The number of H-pyrrole nitrogens is 2. The number of rotatable bonds is 5. The number of hydrogen-bond donors (Lipinski definition) is 2. The maximum absolute atomic E-state index is 12.8. The lowest BCUT2D eigenvalue weighted by Gasteiger charge is -2.05. The normalized spacial score (nSPS) is 11.0. The molecule has 6 heteroatoms. The van der Waals surface area contributed by atoms with Gasteiger partial charge in [-0.15, -0.1) is 0 Å². The van der Waals surface area contributed by atoms with E-state index < -0.39 is 0 Å². The van der Waals surface area contributed by atoms with Gasteiger partial charge in [-0.2, -0.15) is 0 Å². The average molecular weight is 375 g/mol. The van der Waals surface area contributed by atoms with Gasteiger partial charge in [-0.25, -0.2) is 4.98 Å². The molecular weight excluding hydrogens is 358 g/mol. The Bertz CT molecular complexity index is 1180. The predicted octanol–water partition coefficient (Wildman–Crippen LogP) is 4.20. The minimum Gasteiger partial charge on any atom is -0.358 e. The van der Waals surface area contributed by atoms with E-state index in [1.165, 1.54) is 17.8 Å². The molecular formula is C21H17N3O2S. The van der Waals surface area contributed by atoms with Gasteiger partial charge in [0, 0.05) is 33.8 Å². The zero-order valence-corrected chi connectivity index (χ0v) is 15.5. The third-order valence-electron chi connectivity index (χ3n) is 4.30. The highest BCUT2D eigenvalue weighted by atomic mass is 32.2. The number of nitrogens with zero attached hydrogens (tertiary/aromatic N) is 1. The monoisotopic (exact) mass is 375 g/mol. The number of benzene rings is 2. The van der Waals surface area contributed by atoms with E-state index in [9.17, 15) is 9.59 Å². The van der Waals surface area contributed by atoms with Crippen molar-refractivity contribution < 1.29 is 4.79 Å². The molecule has 0 unspecified atom stereocenters. The Balaban J connectivity index is 1.58. The van der Waals surface area contributed by atoms with Crippen LogP contribution in [-0.2, 0) is 0 Å². The molecule has 0 aliphatic rings. The van der Waals surface area contributed by atoms with Crippen molar-refractivity contribution in [2.45, 2.75) is 12.1 Å². The first-order valence-electron chi connectivity index (χ1n) is 8.52. The Morgan fingerprint density at radius 1 is 1.04 bits per heavy atom. The molecule has 0 amide bonds. The predicted molar refractivity (Wildman–Crippen MR) is 108 cm³/mol. The second-order valence-corrected chi connectivity index (χ2v) is 7.15. The summed E-state index contributed by atoms with van der Waals surface area (Å²) >= 11 is 1.24. The Morgan fingerprint density at radius 3 is 2.59 bits per heavy atom. The fourth-order valence-electron chi connectivity index (χ4n) is 3.10. The summed E-state index contributed by atoms with van der Waals surface area (Å²) in [6, 6.07) is 18.7. The van der Waals surface area contributed by atoms with E-state index in [1.807, 2.05) is 61.5 Å². The summed E-state index contributed by atoms with van der Waals surface area (Å²) in [7, 11) is 0. The summed E-state index contributed by atoms with van der Waals surface area (Å²) in [4.78, 5) is 35.2. The zero-order valence-electron chi connectivity index (χ0n) is 14.7. The number of fused-ring (bicyclic) bond motifs is 1. The SMILES string of the molecule is Cc1[nH]c2ccccc2c1C(=O)CSc1nc(-c2ccccc2)cc(=O)[nH]1. The van der Waals surface area contributed by atoms with E-state index in [2.05, 4.69) is 15.0 Å². The highest BCUT2D eigenvalue weighted by Gasteiger charge is 2.16. The summed E-state index contributed by atoms with van der Waals surface area (Å²) < 4.78 is 0. The first-order valence-corrected chi connectivity index (χ1v) is 9.50. The van der Waals surface area contributed by atoms with Gasteiger partial charge in [0.25, 0.3) is 5.56 Å². The summed E-state index contributed by atoms with van der Waals surface area (Å²) in [6.07, 6.45) is 0. The zero-order chi connectivity index (χ0) is 18.8. The second-order valence-electron chi connectivity index (χ2n) is 6.18. The highest BCUT2D eigenvalue weighted by Crippen LogP contribution is 2.25. The van der Waals surface area contributed by atoms with Gasteiger partial charge < -0.3 is 9.97 Å². The molecule has 0 fully saturated rings. The van der Waals surface area contributed by atoms with Gasteiger partial charge in [0.1, 0.15) is 0 Å². The summed E-state index contributed by atoms with van der Waals surface area (Å²) in [5.74, 6) is 0.201. The fourth-order valence-corrected chi connectivity index (χ4v) is 3.85. The van der Waals surface area contributed by atoms with Crippen molar-refractivity contribution >= 4 is 28.4 Å². The Labute approximate surface area is 159 Å². The van der Waals surface area contributed by atoms with Crippen molar-refractivity contribution in [3.05, 3.63) is 82.3 Å². The van der Waals surface area contributed by atoms with Crippen molar-refractivity contribution in [3.8, 4) is 11.3 Å². The second kappa shape index (κ2) is 7.25.